The molecule has 2 rings (SSSR count). The van der Waals surface area contributed by atoms with Gasteiger partial charge in [-0.15, -0.1) is 0 Å². The largest absolute Gasteiger partial charge is 0.497 e. The van der Waals surface area contributed by atoms with E-state index in [1.54, 1.807) is 57.7 Å². The van der Waals surface area contributed by atoms with Crippen molar-refractivity contribution in [2.24, 2.45) is 0 Å². The standard InChI is InChI=1S/C19H23N3O4/c1-22(12-18(23)20-14-7-6-8-15(11-14)25-2)13-19(24)21-16-9-4-5-10-17(16)26-3/h4-11H,12-13H2,1-3H3,(H,20,23)(H,21,24)/p+1. The molecule has 2 aromatic rings. The molecule has 26 heavy (non-hydrogen) atoms. The van der Waals surface area contributed by atoms with Gasteiger partial charge in [0.2, 0.25) is 0 Å². The molecule has 0 saturated heterocycles. The Bertz CT molecular complexity index is 764. The van der Waals surface area contributed by atoms with Crippen LogP contribution < -0.4 is 25.0 Å². The maximum absolute atomic E-state index is 12.2. The van der Waals surface area contributed by atoms with Gasteiger partial charge in [0.15, 0.2) is 13.1 Å². The predicted octanol–water partition coefficient (Wildman–Crippen LogP) is 0.796. The fourth-order valence-corrected chi connectivity index (χ4v) is 2.46. The van der Waals surface area contributed by atoms with E-state index in [1.807, 2.05) is 12.1 Å². The summed E-state index contributed by atoms with van der Waals surface area (Å²) in [6, 6.07) is 14.3. The third kappa shape index (κ3) is 5.78. The summed E-state index contributed by atoms with van der Waals surface area (Å²) >= 11 is 0. The summed E-state index contributed by atoms with van der Waals surface area (Å²) in [6.07, 6.45) is 0. The highest BCUT2D eigenvalue weighted by molar-refractivity contribution is 5.94. The number of rotatable bonds is 8. The van der Waals surface area contributed by atoms with Crippen LogP contribution in [0.2, 0.25) is 0 Å². The normalized spacial score (nSPS) is 11.3. The first-order valence-corrected chi connectivity index (χ1v) is 8.20. The van der Waals surface area contributed by atoms with Crippen LogP contribution in [0.4, 0.5) is 11.4 Å². The van der Waals surface area contributed by atoms with Crippen molar-refractivity contribution >= 4 is 23.2 Å². The molecular weight excluding hydrogens is 334 g/mol. The van der Waals surface area contributed by atoms with E-state index in [1.165, 1.54) is 0 Å². The number of ether oxygens (including phenoxy) is 2. The Morgan fingerprint density at radius 2 is 1.62 bits per heavy atom. The molecule has 2 amide bonds. The van der Waals surface area contributed by atoms with E-state index in [0.29, 0.717) is 22.9 Å². The second-order valence-corrected chi connectivity index (χ2v) is 5.84. The number of carbonyl (C=O) groups excluding carboxylic acids is 2. The molecule has 1 atom stereocenters. The van der Waals surface area contributed by atoms with E-state index in [4.69, 9.17) is 9.47 Å². The molecule has 3 N–H and O–H groups in total. The molecule has 0 aliphatic heterocycles. The highest BCUT2D eigenvalue weighted by Crippen LogP contribution is 2.22. The van der Waals surface area contributed by atoms with Crippen molar-refractivity contribution in [3.05, 3.63) is 48.5 Å². The number of nitrogens with one attached hydrogen (secondary N) is 3. The molecule has 0 radical (unpaired) electrons. The summed E-state index contributed by atoms with van der Waals surface area (Å²) in [5, 5.41) is 5.59. The van der Waals surface area contributed by atoms with Gasteiger partial charge in [-0.25, -0.2) is 0 Å². The van der Waals surface area contributed by atoms with Gasteiger partial charge in [0.1, 0.15) is 11.5 Å². The van der Waals surface area contributed by atoms with Crippen molar-refractivity contribution in [2.75, 3.05) is 45.0 Å². The topological polar surface area (TPSA) is 81.1 Å². The Morgan fingerprint density at radius 1 is 0.923 bits per heavy atom. The Balaban J connectivity index is 1.84. The number of methoxy groups -OCH3 is 2. The molecule has 0 heterocycles. The van der Waals surface area contributed by atoms with Crippen LogP contribution in [0.25, 0.3) is 0 Å². The molecule has 0 bridgehead atoms. The van der Waals surface area contributed by atoms with Gasteiger partial charge in [0.05, 0.1) is 27.0 Å². The minimum absolute atomic E-state index is 0.156. The number of hydrogen-bond acceptors (Lipinski definition) is 4. The minimum atomic E-state index is -0.193. The fraction of sp³-hybridized carbons (Fsp3) is 0.263. The van der Waals surface area contributed by atoms with Crippen LogP contribution in [-0.2, 0) is 9.59 Å². The first kappa shape index (κ1) is 19.3. The molecule has 0 aliphatic rings. The summed E-state index contributed by atoms with van der Waals surface area (Å²) in [5.41, 5.74) is 1.26. The van der Waals surface area contributed by atoms with Crippen LogP contribution in [0.1, 0.15) is 0 Å². The average Bonchev–Trinajstić information content (AvgIpc) is 2.61. The molecule has 1 unspecified atom stereocenters. The van der Waals surface area contributed by atoms with E-state index < -0.39 is 0 Å². The van der Waals surface area contributed by atoms with E-state index >= 15 is 0 Å². The number of hydrogen-bond donors (Lipinski definition) is 3. The summed E-state index contributed by atoms with van der Waals surface area (Å²) in [4.78, 5) is 25.1. The van der Waals surface area contributed by atoms with Crippen molar-refractivity contribution in [3.63, 3.8) is 0 Å². The zero-order valence-corrected chi connectivity index (χ0v) is 15.2. The Kier molecular flexibility index (Phi) is 6.99. The molecular formula is C19H24N3O4+. The lowest BCUT2D eigenvalue weighted by molar-refractivity contribution is -0.862. The predicted molar refractivity (Wildman–Crippen MR) is 99.9 cm³/mol. The zero-order valence-electron chi connectivity index (χ0n) is 15.2. The van der Waals surface area contributed by atoms with E-state index in [9.17, 15) is 9.59 Å². The number of carbonyl (C=O) groups is 2. The highest BCUT2D eigenvalue weighted by atomic mass is 16.5. The first-order chi connectivity index (χ1) is 12.5. The molecule has 0 aromatic heterocycles. The number of benzene rings is 2. The van der Waals surface area contributed by atoms with Crippen LogP contribution in [-0.4, -0.2) is 46.2 Å². The minimum Gasteiger partial charge on any atom is -0.497 e. The van der Waals surface area contributed by atoms with Crippen molar-refractivity contribution < 1.29 is 24.0 Å². The van der Waals surface area contributed by atoms with Crippen LogP contribution in [0.5, 0.6) is 11.5 Å². The lowest BCUT2D eigenvalue weighted by Gasteiger charge is -2.15. The third-order valence-corrected chi connectivity index (χ3v) is 3.66. The van der Waals surface area contributed by atoms with Crippen molar-refractivity contribution in [1.82, 2.24) is 0 Å². The Hall–Kier alpha value is -3.06. The molecule has 0 aliphatic carbocycles. The van der Waals surface area contributed by atoms with Crippen molar-refractivity contribution in [3.8, 4) is 11.5 Å². The third-order valence-electron chi connectivity index (χ3n) is 3.66. The lowest BCUT2D eigenvalue weighted by Crippen LogP contribution is -3.11. The molecule has 2 aromatic carbocycles. The van der Waals surface area contributed by atoms with Gasteiger partial charge in [0.25, 0.3) is 11.8 Å². The van der Waals surface area contributed by atoms with Gasteiger partial charge in [-0.3, -0.25) is 9.59 Å². The summed E-state index contributed by atoms with van der Waals surface area (Å²) in [7, 11) is 4.90. The number of para-hydroxylation sites is 2. The van der Waals surface area contributed by atoms with Gasteiger partial charge >= 0.3 is 0 Å². The Labute approximate surface area is 152 Å². The average molecular weight is 358 g/mol. The van der Waals surface area contributed by atoms with Crippen molar-refractivity contribution in [1.29, 1.82) is 0 Å². The number of anilines is 2. The second-order valence-electron chi connectivity index (χ2n) is 5.84. The number of amides is 2. The molecule has 7 nitrogen and oxygen atoms in total. The van der Waals surface area contributed by atoms with Crippen LogP contribution in [0.15, 0.2) is 48.5 Å². The monoisotopic (exact) mass is 358 g/mol. The lowest BCUT2D eigenvalue weighted by atomic mass is 10.3. The van der Waals surface area contributed by atoms with Crippen LogP contribution >= 0.6 is 0 Å². The number of quaternary nitrogens is 1. The fourth-order valence-electron chi connectivity index (χ4n) is 2.46. The number of likely N-dealkylation sites (N-methyl/N-ethyl adjacent to an activating group) is 1. The summed E-state index contributed by atoms with van der Waals surface area (Å²) in [6.45, 7) is 0.320. The molecule has 138 valence electrons. The molecule has 0 fully saturated rings. The van der Waals surface area contributed by atoms with Crippen LogP contribution in [0.3, 0.4) is 0 Å². The quantitative estimate of drug-likeness (QED) is 0.652. The summed E-state index contributed by atoms with van der Waals surface area (Å²) in [5.74, 6) is 0.885. The Morgan fingerprint density at radius 3 is 2.31 bits per heavy atom. The van der Waals surface area contributed by atoms with Crippen LogP contribution in [0, 0.1) is 0 Å². The SMILES string of the molecule is COc1cccc(NC(=O)C[NH+](C)CC(=O)Nc2ccccc2OC)c1. The van der Waals surface area contributed by atoms with E-state index in [0.717, 1.165) is 4.90 Å². The maximum Gasteiger partial charge on any atom is 0.279 e. The van der Waals surface area contributed by atoms with E-state index in [2.05, 4.69) is 10.6 Å². The van der Waals surface area contributed by atoms with Gasteiger partial charge in [-0.2, -0.15) is 0 Å². The molecule has 0 spiro atoms. The van der Waals surface area contributed by atoms with Gasteiger partial charge in [0, 0.05) is 11.8 Å². The van der Waals surface area contributed by atoms with Gasteiger partial charge in [-0.1, -0.05) is 18.2 Å². The van der Waals surface area contributed by atoms with Crippen molar-refractivity contribution in [2.45, 2.75) is 0 Å². The first-order valence-electron chi connectivity index (χ1n) is 8.20. The molecule has 0 saturated carbocycles. The van der Waals surface area contributed by atoms with Gasteiger partial charge in [-0.05, 0) is 24.3 Å². The van der Waals surface area contributed by atoms with Gasteiger partial charge < -0.3 is 25.0 Å². The molecule has 7 heteroatoms. The summed E-state index contributed by atoms with van der Waals surface area (Å²) < 4.78 is 10.3. The highest BCUT2D eigenvalue weighted by Gasteiger charge is 2.15. The van der Waals surface area contributed by atoms with E-state index in [-0.39, 0.29) is 24.9 Å². The second kappa shape index (κ2) is 9.43. The maximum atomic E-state index is 12.2. The smallest absolute Gasteiger partial charge is 0.279 e. The zero-order chi connectivity index (χ0) is 18.9.